The molecule has 36 heavy (non-hydrogen) atoms. The van der Waals surface area contributed by atoms with Gasteiger partial charge in [0.1, 0.15) is 11.8 Å². The summed E-state index contributed by atoms with van der Waals surface area (Å²) in [5.41, 5.74) is 2.99. The lowest BCUT2D eigenvalue weighted by Gasteiger charge is -2.33. The molecule has 9 nitrogen and oxygen atoms in total. The Balaban J connectivity index is 1.48. The number of para-hydroxylation sites is 1. The van der Waals surface area contributed by atoms with Crippen LogP contribution < -0.4 is 15.3 Å². The van der Waals surface area contributed by atoms with Crippen molar-refractivity contribution in [1.29, 1.82) is 0 Å². The van der Waals surface area contributed by atoms with Crippen LogP contribution in [0.3, 0.4) is 0 Å². The molecule has 0 spiro atoms. The van der Waals surface area contributed by atoms with Gasteiger partial charge in [-0.3, -0.25) is 23.6 Å². The van der Waals surface area contributed by atoms with Crippen molar-refractivity contribution < 1.29 is 19.4 Å². The number of nitrogens with zero attached hydrogens (tertiary/aromatic N) is 4. The molecule has 2 aliphatic heterocycles. The van der Waals surface area contributed by atoms with Crippen LogP contribution in [-0.4, -0.2) is 57.8 Å². The number of carbonyl (C=O) groups excluding carboxylic acids is 2. The van der Waals surface area contributed by atoms with Gasteiger partial charge in [-0.2, -0.15) is 0 Å². The highest BCUT2D eigenvalue weighted by Gasteiger charge is 2.37. The molecule has 2 aromatic carbocycles. The van der Waals surface area contributed by atoms with E-state index in [9.17, 15) is 19.5 Å². The summed E-state index contributed by atoms with van der Waals surface area (Å²) in [6.45, 7) is 1.96. The van der Waals surface area contributed by atoms with Gasteiger partial charge in [0, 0.05) is 33.2 Å². The zero-order valence-corrected chi connectivity index (χ0v) is 20.7. The van der Waals surface area contributed by atoms with Crippen molar-refractivity contribution in [3.05, 3.63) is 58.5 Å². The normalized spacial score (nSPS) is 19.4. The first-order valence-corrected chi connectivity index (χ1v) is 12.5. The smallest absolute Gasteiger partial charge is 0.329 e. The minimum absolute atomic E-state index is 0.155. The molecule has 2 aliphatic rings. The minimum Gasteiger partial charge on any atom is -0.497 e. The van der Waals surface area contributed by atoms with Crippen LogP contribution in [-0.2, 0) is 23.2 Å². The van der Waals surface area contributed by atoms with Gasteiger partial charge in [0.2, 0.25) is 5.91 Å². The molecule has 1 unspecified atom stereocenters. The molecule has 3 heterocycles. The lowest BCUT2D eigenvalue weighted by molar-refractivity contribution is -0.151. The summed E-state index contributed by atoms with van der Waals surface area (Å²) in [6.07, 6.45) is 2.28. The standard InChI is InChI=1S/C27H32N4O5/c1-28-25-21(29-14-12-19(17-32)13-15-29)4-3-5-22(25)31(27(28)35)23-10-11-24(33)30(26(23)34)16-18-6-8-20(36-2)9-7-18/h3-9,19,23,32H,10-17H2,1-2H3. The Labute approximate surface area is 209 Å². The number of ether oxygens (including phenoxy) is 1. The molecule has 0 aliphatic carbocycles. The van der Waals surface area contributed by atoms with E-state index in [0.29, 0.717) is 23.6 Å². The number of fused-ring (bicyclic) bond motifs is 1. The summed E-state index contributed by atoms with van der Waals surface area (Å²) in [5.74, 6) is 0.424. The quantitative estimate of drug-likeness (QED) is 0.531. The van der Waals surface area contributed by atoms with Gasteiger partial charge < -0.3 is 14.7 Å². The topological polar surface area (TPSA) is 97.0 Å². The van der Waals surface area contributed by atoms with E-state index in [0.717, 1.165) is 42.7 Å². The molecule has 1 atom stereocenters. The van der Waals surface area contributed by atoms with Crippen LogP contribution in [0.4, 0.5) is 5.69 Å². The molecule has 1 N–H and O–H groups in total. The van der Waals surface area contributed by atoms with Crippen molar-refractivity contribution in [2.75, 3.05) is 31.7 Å². The number of hydrogen-bond donors (Lipinski definition) is 1. The van der Waals surface area contributed by atoms with Gasteiger partial charge in [0.05, 0.1) is 30.4 Å². The van der Waals surface area contributed by atoms with Gasteiger partial charge in [-0.25, -0.2) is 4.79 Å². The van der Waals surface area contributed by atoms with Gasteiger partial charge in [0.25, 0.3) is 5.91 Å². The second kappa shape index (κ2) is 9.81. The highest BCUT2D eigenvalue weighted by atomic mass is 16.5. The number of hydrogen-bond acceptors (Lipinski definition) is 6. The summed E-state index contributed by atoms with van der Waals surface area (Å²) in [4.78, 5) is 43.3. The number of aliphatic hydroxyl groups is 1. The first kappa shape index (κ1) is 24.1. The van der Waals surface area contributed by atoms with E-state index in [1.54, 1.807) is 35.4 Å². The first-order valence-electron chi connectivity index (χ1n) is 12.5. The molecule has 2 saturated heterocycles. The summed E-state index contributed by atoms with van der Waals surface area (Å²) in [5, 5.41) is 9.50. The summed E-state index contributed by atoms with van der Waals surface area (Å²) < 4.78 is 8.37. The van der Waals surface area contributed by atoms with Crippen LogP contribution in [0, 0.1) is 5.92 Å². The number of aryl methyl sites for hydroxylation is 1. The Morgan fingerprint density at radius 2 is 1.72 bits per heavy atom. The Bertz CT molecular complexity index is 1330. The average Bonchev–Trinajstić information content (AvgIpc) is 3.17. The van der Waals surface area contributed by atoms with E-state index in [1.165, 1.54) is 4.90 Å². The molecule has 2 fully saturated rings. The number of aromatic nitrogens is 2. The van der Waals surface area contributed by atoms with Crippen LogP contribution in [0.2, 0.25) is 0 Å². The number of piperidine rings is 2. The van der Waals surface area contributed by atoms with Crippen molar-refractivity contribution in [3.63, 3.8) is 0 Å². The maximum absolute atomic E-state index is 13.6. The van der Waals surface area contributed by atoms with E-state index in [4.69, 9.17) is 4.74 Å². The third kappa shape index (κ3) is 4.17. The number of aliphatic hydroxyl groups excluding tert-OH is 1. The molecule has 9 heteroatoms. The number of amides is 2. The second-order valence-corrected chi connectivity index (χ2v) is 9.69. The number of imidazole rings is 1. The van der Waals surface area contributed by atoms with Crippen LogP contribution in [0.25, 0.3) is 11.0 Å². The Kier molecular flexibility index (Phi) is 6.57. The third-order valence-corrected chi connectivity index (χ3v) is 7.59. The van der Waals surface area contributed by atoms with Crippen molar-refractivity contribution in [2.45, 2.75) is 38.3 Å². The number of carbonyl (C=O) groups is 2. The minimum atomic E-state index is -0.743. The van der Waals surface area contributed by atoms with E-state index >= 15 is 0 Å². The van der Waals surface area contributed by atoms with E-state index in [2.05, 4.69) is 4.90 Å². The maximum atomic E-state index is 13.6. The SMILES string of the molecule is COc1ccc(CN2C(=O)CCC(n3c(=O)n(C)c4c(N5CCC(CO)CC5)cccc43)C2=O)cc1. The fourth-order valence-electron chi connectivity index (χ4n) is 5.47. The maximum Gasteiger partial charge on any atom is 0.329 e. The van der Waals surface area contributed by atoms with E-state index < -0.39 is 6.04 Å². The Hall–Kier alpha value is -3.59. The van der Waals surface area contributed by atoms with Crippen molar-refractivity contribution >= 4 is 28.5 Å². The zero-order chi connectivity index (χ0) is 25.4. The van der Waals surface area contributed by atoms with Gasteiger partial charge in [-0.1, -0.05) is 18.2 Å². The lowest BCUT2D eigenvalue weighted by atomic mass is 9.97. The van der Waals surface area contributed by atoms with Crippen LogP contribution in [0.5, 0.6) is 5.75 Å². The average molecular weight is 493 g/mol. The predicted molar refractivity (Wildman–Crippen MR) is 136 cm³/mol. The summed E-state index contributed by atoms with van der Waals surface area (Å²) >= 11 is 0. The largest absolute Gasteiger partial charge is 0.497 e. The van der Waals surface area contributed by atoms with Crippen molar-refractivity contribution in [1.82, 2.24) is 14.0 Å². The monoisotopic (exact) mass is 492 g/mol. The molecular formula is C27H32N4O5. The zero-order valence-electron chi connectivity index (χ0n) is 20.7. The van der Waals surface area contributed by atoms with Crippen molar-refractivity contribution in [2.24, 2.45) is 13.0 Å². The van der Waals surface area contributed by atoms with Crippen LogP contribution >= 0.6 is 0 Å². The molecule has 5 rings (SSSR count). The van der Waals surface area contributed by atoms with Crippen molar-refractivity contribution in [3.8, 4) is 5.75 Å². The number of likely N-dealkylation sites (tertiary alicyclic amines) is 1. The van der Waals surface area contributed by atoms with Crippen LogP contribution in [0.1, 0.15) is 37.3 Å². The third-order valence-electron chi connectivity index (χ3n) is 7.59. The molecule has 0 bridgehead atoms. The second-order valence-electron chi connectivity index (χ2n) is 9.69. The molecule has 190 valence electrons. The lowest BCUT2D eigenvalue weighted by Crippen LogP contribution is -2.47. The molecule has 1 aromatic heterocycles. The number of methoxy groups -OCH3 is 1. The van der Waals surface area contributed by atoms with E-state index in [-0.39, 0.29) is 37.1 Å². The van der Waals surface area contributed by atoms with Gasteiger partial charge in [0.15, 0.2) is 0 Å². The van der Waals surface area contributed by atoms with Crippen LogP contribution in [0.15, 0.2) is 47.3 Å². The summed E-state index contributed by atoms with van der Waals surface area (Å²) in [7, 11) is 3.32. The predicted octanol–water partition coefficient (Wildman–Crippen LogP) is 2.45. The van der Waals surface area contributed by atoms with Gasteiger partial charge in [-0.05, 0) is 55.0 Å². The Morgan fingerprint density at radius 3 is 2.39 bits per heavy atom. The number of benzene rings is 2. The molecule has 2 amide bonds. The molecule has 0 saturated carbocycles. The number of anilines is 1. The number of imide groups is 1. The highest BCUT2D eigenvalue weighted by molar-refractivity contribution is 6.00. The molecule has 3 aromatic rings. The molecular weight excluding hydrogens is 460 g/mol. The van der Waals surface area contributed by atoms with Gasteiger partial charge >= 0.3 is 5.69 Å². The Morgan fingerprint density at radius 1 is 1.00 bits per heavy atom. The fraction of sp³-hybridized carbons (Fsp3) is 0.444. The van der Waals surface area contributed by atoms with Gasteiger partial charge in [-0.15, -0.1) is 0 Å². The molecule has 0 radical (unpaired) electrons. The fourth-order valence-corrected chi connectivity index (χ4v) is 5.47. The summed E-state index contributed by atoms with van der Waals surface area (Å²) in [6, 6.07) is 12.3. The van der Waals surface area contributed by atoms with E-state index in [1.807, 2.05) is 30.3 Å². The number of rotatable bonds is 6. The highest BCUT2D eigenvalue weighted by Crippen LogP contribution is 2.33. The first-order chi connectivity index (χ1) is 17.4.